The van der Waals surface area contributed by atoms with Crippen molar-refractivity contribution in [3.63, 3.8) is 0 Å². The average molecular weight is 957 g/mol. The second kappa shape index (κ2) is 40.9. The zero-order valence-corrected chi connectivity index (χ0v) is 41.6. The highest BCUT2D eigenvalue weighted by Crippen LogP contribution is 2.26. The van der Waals surface area contributed by atoms with Crippen LogP contribution in [-0.2, 0) is 33.2 Å². The Bertz CT molecular complexity index is 1250. The maximum Gasteiger partial charge on any atom is 0.306 e. The standard InChI is InChI=1S/C53H96O14/c1-3-5-7-9-11-13-15-17-18-19-20-21-22-23-25-27-29-31-33-35-37-62-39-42(65-45(55)36-34-32-30-28-26-24-16-14-12-10-8-6-4-2)40-63-52-51(61)49(59)47(57)44(67-52)41-64-53-50(60)48(58)46(56)43(38-54)66-53/h8,10,14,16-18,42-44,46-54,56-61H,3-7,9,11-13,15,19-41H2,1-2H3/b10-8-,16-14-,18-17-. The summed E-state index contributed by atoms with van der Waals surface area (Å²) >= 11 is 0. The number of ether oxygens (including phenoxy) is 6. The van der Waals surface area contributed by atoms with Gasteiger partial charge in [-0.05, 0) is 64.2 Å². The molecule has 2 heterocycles. The molecule has 0 aliphatic carbocycles. The fourth-order valence-corrected chi connectivity index (χ4v) is 8.26. The van der Waals surface area contributed by atoms with Crippen molar-refractivity contribution in [3.8, 4) is 0 Å². The topological polar surface area (TPSA) is 214 Å². The van der Waals surface area contributed by atoms with Crippen molar-refractivity contribution in [3.05, 3.63) is 36.5 Å². The molecule has 0 radical (unpaired) electrons. The Kier molecular flexibility index (Phi) is 37.4. The van der Waals surface area contributed by atoms with Crippen LogP contribution in [0.1, 0.15) is 194 Å². The Labute approximate surface area is 404 Å². The first-order valence-corrected chi connectivity index (χ1v) is 26.6. The molecule has 14 heteroatoms. The molecule has 2 saturated heterocycles. The Hall–Kier alpha value is -1.79. The zero-order valence-electron chi connectivity index (χ0n) is 41.6. The van der Waals surface area contributed by atoms with Gasteiger partial charge < -0.3 is 64.2 Å². The average Bonchev–Trinajstić information content (AvgIpc) is 3.32. The summed E-state index contributed by atoms with van der Waals surface area (Å²) in [7, 11) is 0. The molecule has 2 fully saturated rings. The second-order valence-electron chi connectivity index (χ2n) is 18.7. The van der Waals surface area contributed by atoms with E-state index in [0.29, 0.717) is 13.0 Å². The molecule has 392 valence electrons. The van der Waals surface area contributed by atoms with Crippen molar-refractivity contribution in [2.75, 3.05) is 33.0 Å². The summed E-state index contributed by atoms with van der Waals surface area (Å²) in [4.78, 5) is 13.0. The van der Waals surface area contributed by atoms with Gasteiger partial charge in [0.05, 0.1) is 26.4 Å². The normalized spacial score (nSPS) is 26.3. The van der Waals surface area contributed by atoms with E-state index >= 15 is 0 Å². The van der Waals surface area contributed by atoms with Crippen molar-refractivity contribution >= 4 is 5.97 Å². The summed E-state index contributed by atoms with van der Waals surface area (Å²) in [6.45, 7) is 3.61. The minimum absolute atomic E-state index is 0.0558. The lowest BCUT2D eigenvalue weighted by Gasteiger charge is -2.42. The molecule has 14 nitrogen and oxygen atoms in total. The number of hydrogen-bond donors (Lipinski definition) is 7. The third-order valence-electron chi connectivity index (χ3n) is 12.6. The molecule has 7 N–H and O–H groups in total. The van der Waals surface area contributed by atoms with Gasteiger partial charge in [0.25, 0.3) is 0 Å². The van der Waals surface area contributed by atoms with Gasteiger partial charge in [-0.1, -0.05) is 159 Å². The van der Waals surface area contributed by atoms with Gasteiger partial charge in [-0.3, -0.25) is 4.79 Å². The molecule has 2 rings (SSSR count). The first kappa shape index (κ1) is 61.3. The van der Waals surface area contributed by atoms with E-state index in [4.69, 9.17) is 28.4 Å². The smallest absolute Gasteiger partial charge is 0.306 e. The molecule has 2 aliphatic rings. The molecule has 67 heavy (non-hydrogen) atoms. The van der Waals surface area contributed by atoms with Gasteiger partial charge >= 0.3 is 5.97 Å². The molecule has 0 aromatic rings. The third-order valence-corrected chi connectivity index (χ3v) is 12.6. The molecular weight excluding hydrogens is 861 g/mol. The van der Waals surface area contributed by atoms with Gasteiger partial charge in [0.2, 0.25) is 0 Å². The van der Waals surface area contributed by atoms with Crippen molar-refractivity contribution < 1.29 is 69.0 Å². The molecular formula is C53H96O14. The van der Waals surface area contributed by atoms with E-state index in [1.54, 1.807) is 0 Å². The van der Waals surface area contributed by atoms with Crippen LogP contribution in [0.5, 0.6) is 0 Å². The molecule has 0 aromatic heterocycles. The van der Waals surface area contributed by atoms with Gasteiger partial charge in [-0.25, -0.2) is 0 Å². The van der Waals surface area contributed by atoms with E-state index in [2.05, 4.69) is 50.3 Å². The van der Waals surface area contributed by atoms with Crippen molar-refractivity contribution in [1.82, 2.24) is 0 Å². The number of aliphatic hydroxyl groups excluding tert-OH is 7. The highest BCUT2D eigenvalue weighted by Gasteiger charge is 2.47. The maximum absolute atomic E-state index is 13.0. The first-order chi connectivity index (χ1) is 32.6. The number of carbonyl (C=O) groups excluding carboxylic acids is 1. The summed E-state index contributed by atoms with van der Waals surface area (Å²) in [6, 6.07) is 0. The van der Waals surface area contributed by atoms with E-state index < -0.39 is 86.7 Å². The lowest BCUT2D eigenvalue weighted by atomic mass is 9.98. The second-order valence-corrected chi connectivity index (χ2v) is 18.7. The van der Waals surface area contributed by atoms with Crippen LogP contribution >= 0.6 is 0 Å². The zero-order chi connectivity index (χ0) is 48.7. The monoisotopic (exact) mass is 957 g/mol. The predicted molar refractivity (Wildman–Crippen MR) is 261 cm³/mol. The summed E-state index contributed by atoms with van der Waals surface area (Å²) in [5, 5.41) is 72.1. The largest absolute Gasteiger partial charge is 0.457 e. The van der Waals surface area contributed by atoms with Crippen molar-refractivity contribution in [2.24, 2.45) is 0 Å². The lowest BCUT2D eigenvalue weighted by Crippen LogP contribution is -2.61. The molecule has 0 spiro atoms. The summed E-state index contributed by atoms with van der Waals surface area (Å²) in [5.74, 6) is -0.390. The minimum Gasteiger partial charge on any atom is -0.457 e. The molecule has 2 aliphatic heterocycles. The first-order valence-electron chi connectivity index (χ1n) is 26.6. The Morgan fingerprint density at radius 2 is 0.955 bits per heavy atom. The molecule has 11 unspecified atom stereocenters. The maximum atomic E-state index is 13.0. The van der Waals surface area contributed by atoms with Gasteiger partial charge in [0.1, 0.15) is 54.9 Å². The Morgan fingerprint density at radius 1 is 0.493 bits per heavy atom. The fraction of sp³-hybridized carbons (Fsp3) is 0.868. The summed E-state index contributed by atoms with van der Waals surface area (Å²) in [6.07, 6.45) is 29.2. The summed E-state index contributed by atoms with van der Waals surface area (Å²) in [5.41, 5.74) is 0. The number of carbonyl (C=O) groups is 1. The van der Waals surface area contributed by atoms with Gasteiger partial charge in [0, 0.05) is 13.0 Å². The predicted octanol–water partition coefficient (Wildman–Crippen LogP) is 8.19. The van der Waals surface area contributed by atoms with Crippen LogP contribution in [0.15, 0.2) is 36.5 Å². The van der Waals surface area contributed by atoms with Crippen LogP contribution in [0.4, 0.5) is 0 Å². The van der Waals surface area contributed by atoms with Crippen molar-refractivity contribution in [2.45, 2.75) is 261 Å². The molecule has 0 amide bonds. The van der Waals surface area contributed by atoms with Crippen molar-refractivity contribution in [1.29, 1.82) is 0 Å². The number of aliphatic hydroxyl groups is 7. The Balaban J connectivity index is 1.74. The molecule has 11 atom stereocenters. The van der Waals surface area contributed by atoms with Gasteiger partial charge in [-0.15, -0.1) is 0 Å². The van der Waals surface area contributed by atoms with Gasteiger partial charge in [0.15, 0.2) is 12.6 Å². The van der Waals surface area contributed by atoms with E-state index in [1.165, 1.54) is 103 Å². The van der Waals surface area contributed by atoms with Crippen LogP contribution in [0, 0.1) is 0 Å². The van der Waals surface area contributed by atoms with E-state index in [1.807, 2.05) is 0 Å². The quantitative estimate of drug-likeness (QED) is 0.0175. The highest BCUT2D eigenvalue weighted by molar-refractivity contribution is 5.69. The van der Waals surface area contributed by atoms with Gasteiger partial charge in [-0.2, -0.15) is 0 Å². The number of esters is 1. The fourth-order valence-electron chi connectivity index (χ4n) is 8.26. The molecule has 0 saturated carbocycles. The van der Waals surface area contributed by atoms with Crippen LogP contribution in [0.25, 0.3) is 0 Å². The Morgan fingerprint density at radius 3 is 1.51 bits per heavy atom. The minimum atomic E-state index is -1.71. The lowest BCUT2D eigenvalue weighted by molar-refractivity contribution is -0.332. The van der Waals surface area contributed by atoms with E-state index in [9.17, 15) is 40.5 Å². The van der Waals surface area contributed by atoms with Crippen LogP contribution in [0.3, 0.4) is 0 Å². The van der Waals surface area contributed by atoms with E-state index in [-0.39, 0.29) is 19.6 Å². The SMILES string of the molecule is CCC/C=C\C/C=C\CCCCCCCC(=O)OC(COCCCCCCCCCCCC/C=C\CCCCCCCC)COC1OC(COC2OC(CO)C(O)C(O)C2O)C(O)C(O)C1O. The van der Waals surface area contributed by atoms with Crippen LogP contribution < -0.4 is 0 Å². The number of unbranched alkanes of at least 4 members (excludes halogenated alkanes) is 22. The molecule has 0 bridgehead atoms. The number of hydrogen-bond acceptors (Lipinski definition) is 14. The van der Waals surface area contributed by atoms with Crippen LogP contribution in [-0.4, -0.2) is 142 Å². The number of rotatable bonds is 42. The highest BCUT2D eigenvalue weighted by atomic mass is 16.7. The third kappa shape index (κ3) is 28.6. The van der Waals surface area contributed by atoms with E-state index in [0.717, 1.165) is 64.2 Å². The molecule has 0 aromatic carbocycles. The van der Waals surface area contributed by atoms with Crippen LogP contribution in [0.2, 0.25) is 0 Å². The summed E-state index contributed by atoms with van der Waals surface area (Å²) < 4.78 is 34.3. The number of allylic oxidation sites excluding steroid dienone is 6.